The van der Waals surface area contributed by atoms with Crippen LogP contribution in [0.4, 0.5) is 14.5 Å². The zero-order valence-corrected chi connectivity index (χ0v) is 10.1. The van der Waals surface area contributed by atoms with Gasteiger partial charge in [0.1, 0.15) is 0 Å². The number of anilines is 1. The van der Waals surface area contributed by atoms with E-state index in [1.807, 2.05) is 0 Å². The number of nitrogens with one attached hydrogen (secondary N) is 1. The predicted molar refractivity (Wildman–Crippen MR) is 57.4 cm³/mol. The van der Waals surface area contributed by atoms with E-state index in [4.69, 9.17) is 0 Å². The van der Waals surface area contributed by atoms with Crippen LogP contribution in [0.3, 0.4) is 0 Å². The Morgan fingerprint density at radius 1 is 1.33 bits per heavy atom. The van der Waals surface area contributed by atoms with E-state index in [-0.39, 0.29) is 5.69 Å². The van der Waals surface area contributed by atoms with Gasteiger partial charge in [0.2, 0.25) is 0 Å². The Kier molecular flexibility index (Phi) is 3.67. The van der Waals surface area contributed by atoms with Crippen LogP contribution in [-0.2, 0) is 10.0 Å². The molecular formula is C8H8BrF2NO2S. The van der Waals surface area contributed by atoms with Crippen LogP contribution >= 0.6 is 15.9 Å². The van der Waals surface area contributed by atoms with Crippen LogP contribution in [0.5, 0.6) is 0 Å². The van der Waals surface area contributed by atoms with E-state index in [2.05, 4.69) is 15.9 Å². The van der Waals surface area contributed by atoms with Crippen LogP contribution in [0.15, 0.2) is 22.7 Å². The van der Waals surface area contributed by atoms with Gasteiger partial charge in [0.15, 0.2) is 0 Å². The van der Waals surface area contributed by atoms with Gasteiger partial charge < -0.3 is 0 Å². The summed E-state index contributed by atoms with van der Waals surface area (Å²) in [5, 5.41) is 0. The first-order valence-corrected chi connectivity index (χ1v) is 6.22. The maximum Gasteiger partial charge on any atom is 0.355 e. The van der Waals surface area contributed by atoms with Gasteiger partial charge >= 0.3 is 5.76 Å². The maximum absolute atomic E-state index is 12.0. The Labute approximate surface area is 94.7 Å². The van der Waals surface area contributed by atoms with E-state index in [1.165, 1.54) is 12.1 Å². The lowest BCUT2D eigenvalue weighted by molar-refractivity contribution is 0.236. The molecule has 0 spiro atoms. The van der Waals surface area contributed by atoms with Crippen LogP contribution in [0.1, 0.15) is 5.56 Å². The molecule has 1 aromatic carbocycles. The zero-order valence-electron chi connectivity index (χ0n) is 7.67. The average Bonchev–Trinajstić information content (AvgIpc) is 1.99. The molecule has 0 heterocycles. The molecule has 0 aromatic heterocycles. The summed E-state index contributed by atoms with van der Waals surface area (Å²) in [6.45, 7) is 1.73. The van der Waals surface area contributed by atoms with Crippen molar-refractivity contribution < 1.29 is 17.2 Å². The third kappa shape index (κ3) is 3.42. The summed E-state index contributed by atoms with van der Waals surface area (Å²) in [5.74, 6) is -3.43. The predicted octanol–water partition coefficient (Wildman–Crippen LogP) is 2.72. The van der Waals surface area contributed by atoms with Crippen molar-refractivity contribution in [2.24, 2.45) is 0 Å². The molecule has 3 nitrogen and oxygen atoms in total. The molecule has 0 radical (unpaired) electrons. The summed E-state index contributed by atoms with van der Waals surface area (Å²) in [5.41, 5.74) is 0.874. The lowest BCUT2D eigenvalue weighted by Gasteiger charge is -2.08. The van der Waals surface area contributed by atoms with Crippen molar-refractivity contribution >= 4 is 31.6 Å². The van der Waals surface area contributed by atoms with Gasteiger partial charge in [-0.2, -0.15) is 8.78 Å². The molecule has 1 N–H and O–H groups in total. The number of hydrogen-bond donors (Lipinski definition) is 1. The number of alkyl halides is 2. The van der Waals surface area contributed by atoms with Crippen molar-refractivity contribution in [2.45, 2.75) is 12.7 Å². The highest BCUT2D eigenvalue weighted by Gasteiger charge is 2.23. The molecular weight excluding hydrogens is 292 g/mol. The SMILES string of the molecule is Cc1cc(Br)cc(NS(=O)(=O)C(F)F)c1. The van der Waals surface area contributed by atoms with Gasteiger partial charge in [-0.15, -0.1) is 0 Å². The molecule has 0 aliphatic rings. The highest BCUT2D eigenvalue weighted by molar-refractivity contribution is 9.10. The van der Waals surface area contributed by atoms with E-state index in [0.717, 1.165) is 5.56 Å². The Bertz CT molecular complexity index is 441. The zero-order chi connectivity index (χ0) is 11.6. The molecule has 0 aliphatic carbocycles. The summed E-state index contributed by atoms with van der Waals surface area (Å²) < 4.78 is 48.2. The van der Waals surface area contributed by atoms with Crippen LogP contribution in [0.25, 0.3) is 0 Å². The van der Waals surface area contributed by atoms with Gasteiger partial charge in [-0.25, -0.2) is 8.42 Å². The maximum atomic E-state index is 12.0. The van der Waals surface area contributed by atoms with Crippen molar-refractivity contribution in [3.8, 4) is 0 Å². The number of benzene rings is 1. The van der Waals surface area contributed by atoms with E-state index < -0.39 is 15.8 Å². The summed E-state index contributed by atoms with van der Waals surface area (Å²) in [6, 6.07) is 4.61. The molecule has 84 valence electrons. The van der Waals surface area contributed by atoms with Crippen molar-refractivity contribution in [3.63, 3.8) is 0 Å². The lowest BCUT2D eigenvalue weighted by atomic mass is 10.2. The topological polar surface area (TPSA) is 46.2 Å². The molecule has 0 atom stereocenters. The standard InChI is InChI=1S/C8H8BrF2NO2S/c1-5-2-6(9)4-7(3-5)12-15(13,14)8(10)11/h2-4,8,12H,1H3. The highest BCUT2D eigenvalue weighted by atomic mass is 79.9. The molecule has 0 amide bonds. The minimum absolute atomic E-state index is 0.113. The minimum atomic E-state index is -4.59. The van der Waals surface area contributed by atoms with Crippen molar-refractivity contribution in [1.82, 2.24) is 0 Å². The Morgan fingerprint density at radius 2 is 1.93 bits per heavy atom. The largest absolute Gasteiger partial charge is 0.355 e. The second-order valence-electron chi connectivity index (χ2n) is 2.92. The van der Waals surface area contributed by atoms with Crippen LogP contribution in [0.2, 0.25) is 0 Å². The average molecular weight is 300 g/mol. The van der Waals surface area contributed by atoms with Gasteiger partial charge in [-0.1, -0.05) is 15.9 Å². The fourth-order valence-electron chi connectivity index (χ4n) is 1.00. The normalized spacial score (nSPS) is 11.8. The molecule has 1 rings (SSSR count). The summed E-state index contributed by atoms with van der Waals surface area (Å²) >= 11 is 3.14. The molecule has 0 fully saturated rings. The molecule has 0 saturated carbocycles. The molecule has 1 aromatic rings. The first-order valence-electron chi connectivity index (χ1n) is 3.88. The summed E-state index contributed by atoms with van der Waals surface area (Å²) in [7, 11) is -4.59. The monoisotopic (exact) mass is 299 g/mol. The van der Waals surface area contributed by atoms with E-state index in [9.17, 15) is 17.2 Å². The summed E-state index contributed by atoms with van der Waals surface area (Å²) in [4.78, 5) is 0. The minimum Gasteiger partial charge on any atom is -0.279 e. The van der Waals surface area contributed by atoms with E-state index >= 15 is 0 Å². The van der Waals surface area contributed by atoms with Gasteiger partial charge in [-0.3, -0.25) is 4.72 Å². The van der Waals surface area contributed by atoms with Crippen molar-refractivity contribution in [3.05, 3.63) is 28.2 Å². The van der Waals surface area contributed by atoms with Gasteiger partial charge in [0, 0.05) is 4.47 Å². The number of sulfonamides is 1. The number of aryl methyl sites for hydroxylation is 1. The molecule has 0 saturated heterocycles. The first kappa shape index (κ1) is 12.4. The second-order valence-corrected chi connectivity index (χ2v) is 5.49. The number of halogens is 3. The molecule has 0 unspecified atom stereocenters. The Hall–Kier alpha value is -0.690. The third-order valence-electron chi connectivity index (χ3n) is 1.54. The van der Waals surface area contributed by atoms with Gasteiger partial charge in [0.25, 0.3) is 10.0 Å². The van der Waals surface area contributed by atoms with Crippen LogP contribution < -0.4 is 4.72 Å². The van der Waals surface area contributed by atoms with Crippen molar-refractivity contribution in [2.75, 3.05) is 4.72 Å². The molecule has 15 heavy (non-hydrogen) atoms. The molecule has 0 bridgehead atoms. The smallest absolute Gasteiger partial charge is 0.279 e. The lowest BCUT2D eigenvalue weighted by Crippen LogP contribution is -2.20. The van der Waals surface area contributed by atoms with Gasteiger partial charge in [-0.05, 0) is 30.7 Å². The summed E-state index contributed by atoms with van der Waals surface area (Å²) in [6.07, 6.45) is 0. The van der Waals surface area contributed by atoms with Crippen molar-refractivity contribution in [1.29, 1.82) is 0 Å². The highest BCUT2D eigenvalue weighted by Crippen LogP contribution is 2.21. The Balaban J connectivity index is 3.00. The third-order valence-corrected chi connectivity index (χ3v) is 2.98. The van der Waals surface area contributed by atoms with Crippen LogP contribution in [0, 0.1) is 6.92 Å². The van der Waals surface area contributed by atoms with Crippen LogP contribution in [-0.4, -0.2) is 14.2 Å². The first-order chi connectivity index (χ1) is 6.81. The van der Waals surface area contributed by atoms with E-state index in [0.29, 0.717) is 4.47 Å². The quantitative estimate of drug-likeness (QED) is 0.933. The molecule has 0 aliphatic heterocycles. The number of rotatable bonds is 3. The Morgan fingerprint density at radius 3 is 2.40 bits per heavy atom. The van der Waals surface area contributed by atoms with Gasteiger partial charge in [0.05, 0.1) is 5.69 Å². The second kappa shape index (κ2) is 4.44. The fourth-order valence-corrected chi connectivity index (χ4v) is 2.15. The fraction of sp³-hybridized carbons (Fsp3) is 0.250. The number of hydrogen-bond acceptors (Lipinski definition) is 2. The van der Waals surface area contributed by atoms with E-state index in [1.54, 1.807) is 17.7 Å². The molecule has 7 heteroatoms.